The van der Waals surface area contributed by atoms with Crippen molar-refractivity contribution in [1.82, 2.24) is 14.8 Å². The predicted octanol–water partition coefficient (Wildman–Crippen LogP) is 3.46. The first-order chi connectivity index (χ1) is 12.6. The van der Waals surface area contributed by atoms with Crippen LogP contribution in [0.4, 0.5) is 14.6 Å². The van der Waals surface area contributed by atoms with Crippen LogP contribution in [0.15, 0.2) is 55.0 Å². The number of anilines is 1. The van der Waals surface area contributed by atoms with Crippen molar-refractivity contribution >= 4 is 11.7 Å². The molecule has 0 saturated carbocycles. The summed E-state index contributed by atoms with van der Waals surface area (Å²) in [7, 11) is 0. The lowest BCUT2D eigenvalue weighted by Crippen LogP contribution is -2.38. The molecule has 1 aliphatic heterocycles. The van der Waals surface area contributed by atoms with Crippen LogP contribution in [0.2, 0.25) is 0 Å². The minimum absolute atomic E-state index is 0.0778. The Kier molecular flexibility index (Phi) is 4.20. The highest BCUT2D eigenvalue weighted by molar-refractivity contribution is 5.93. The molecule has 0 bridgehead atoms. The fourth-order valence-corrected chi connectivity index (χ4v) is 3.22. The molecular formula is C19H16F2N4O. The smallest absolute Gasteiger partial charge is 0.228 e. The third-order valence-corrected chi connectivity index (χ3v) is 4.62. The molecule has 0 aliphatic carbocycles. The van der Waals surface area contributed by atoms with Gasteiger partial charge in [0.15, 0.2) is 17.5 Å². The number of rotatable bonds is 3. The molecule has 2 aromatic heterocycles. The molecule has 3 heterocycles. The first-order valence-electron chi connectivity index (χ1n) is 8.33. The molecule has 132 valence electrons. The zero-order valence-electron chi connectivity index (χ0n) is 13.8. The molecule has 1 atom stereocenters. The molecule has 0 spiro atoms. The minimum atomic E-state index is -0.881. The highest BCUT2D eigenvalue weighted by Gasteiger charge is 2.29. The molecule has 0 N–H and O–H groups in total. The molecule has 1 amide bonds. The molecule has 1 saturated heterocycles. The Bertz CT molecular complexity index is 942. The number of carbonyl (C=O) groups excluding carboxylic acids is 1. The lowest BCUT2D eigenvalue weighted by molar-refractivity contribution is -0.120. The monoisotopic (exact) mass is 354 g/mol. The first-order valence-corrected chi connectivity index (χ1v) is 8.33. The summed E-state index contributed by atoms with van der Waals surface area (Å²) in [6.45, 7) is 0.482. The number of aromatic nitrogens is 3. The van der Waals surface area contributed by atoms with Crippen LogP contribution in [0.3, 0.4) is 0 Å². The van der Waals surface area contributed by atoms with Crippen molar-refractivity contribution in [2.75, 3.05) is 11.4 Å². The summed E-state index contributed by atoms with van der Waals surface area (Å²) in [5, 5.41) is 4.46. The Labute approximate surface area is 148 Å². The van der Waals surface area contributed by atoms with E-state index in [1.54, 1.807) is 40.3 Å². The summed E-state index contributed by atoms with van der Waals surface area (Å²) >= 11 is 0. The quantitative estimate of drug-likeness (QED) is 0.724. The van der Waals surface area contributed by atoms with Crippen molar-refractivity contribution in [3.8, 4) is 5.69 Å². The molecule has 0 radical (unpaired) electrons. The van der Waals surface area contributed by atoms with Gasteiger partial charge in [-0.3, -0.25) is 14.7 Å². The number of hydrogen-bond acceptors (Lipinski definition) is 3. The van der Waals surface area contributed by atoms with Gasteiger partial charge in [0.05, 0.1) is 5.69 Å². The number of pyridine rings is 1. The van der Waals surface area contributed by atoms with Gasteiger partial charge in [-0.05, 0) is 42.2 Å². The van der Waals surface area contributed by atoms with E-state index < -0.39 is 11.6 Å². The number of benzene rings is 1. The van der Waals surface area contributed by atoms with Gasteiger partial charge in [-0.15, -0.1) is 5.10 Å². The Morgan fingerprint density at radius 3 is 2.58 bits per heavy atom. The number of halogens is 2. The summed E-state index contributed by atoms with van der Waals surface area (Å²) in [6.07, 6.45) is 6.05. The number of piperidine rings is 1. The molecule has 5 nitrogen and oxygen atoms in total. The molecular weight excluding hydrogens is 338 g/mol. The first kappa shape index (κ1) is 16.4. The lowest BCUT2D eigenvalue weighted by atomic mass is 9.89. The van der Waals surface area contributed by atoms with Crippen LogP contribution in [0.25, 0.3) is 5.69 Å². The van der Waals surface area contributed by atoms with Gasteiger partial charge in [0.1, 0.15) is 0 Å². The maximum Gasteiger partial charge on any atom is 0.228 e. The van der Waals surface area contributed by atoms with Gasteiger partial charge >= 0.3 is 0 Å². The van der Waals surface area contributed by atoms with E-state index in [1.807, 2.05) is 12.1 Å². The molecule has 26 heavy (non-hydrogen) atoms. The van der Waals surface area contributed by atoms with Gasteiger partial charge in [-0.1, -0.05) is 6.07 Å². The third kappa shape index (κ3) is 3.08. The van der Waals surface area contributed by atoms with Gasteiger partial charge in [-0.2, -0.15) is 0 Å². The van der Waals surface area contributed by atoms with Gasteiger partial charge in [0, 0.05) is 37.6 Å². The topological polar surface area (TPSA) is 51.0 Å². The van der Waals surface area contributed by atoms with Crippen molar-refractivity contribution in [3.63, 3.8) is 0 Å². The van der Waals surface area contributed by atoms with Crippen LogP contribution in [0.5, 0.6) is 0 Å². The summed E-state index contributed by atoms with van der Waals surface area (Å²) in [4.78, 5) is 18.2. The van der Waals surface area contributed by atoms with E-state index in [4.69, 9.17) is 0 Å². The zero-order valence-corrected chi connectivity index (χ0v) is 13.8. The average molecular weight is 354 g/mol. The Morgan fingerprint density at radius 1 is 1.04 bits per heavy atom. The fourth-order valence-electron chi connectivity index (χ4n) is 3.22. The minimum Gasteiger partial charge on any atom is -0.295 e. The van der Waals surface area contributed by atoms with E-state index in [-0.39, 0.29) is 18.2 Å². The molecule has 1 unspecified atom stereocenters. The SMILES string of the molecule is O=C1CC(c2ccc(F)c(F)c2)CCN1c1ccn(-c2ccncc2)n1. The fraction of sp³-hybridized carbons (Fsp3) is 0.211. The van der Waals surface area contributed by atoms with E-state index in [0.717, 1.165) is 11.8 Å². The summed E-state index contributed by atoms with van der Waals surface area (Å²) in [6, 6.07) is 9.28. The normalized spacial score (nSPS) is 17.5. The van der Waals surface area contributed by atoms with Crippen LogP contribution in [0, 0.1) is 11.6 Å². The Morgan fingerprint density at radius 2 is 1.85 bits per heavy atom. The number of nitrogens with zero attached hydrogens (tertiary/aromatic N) is 4. The van der Waals surface area contributed by atoms with E-state index in [2.05, 4.69) is 10.1 Å². The zero-order chi connectivity index (χ0) is 18.1. The molecule has 1 fully saturated rings. The Balaban J connectivity index is 1.50. The lowest BCUT2D eigenvalue weighted by Gasteiger charge is -2.30. The highest BCUT2D eigenvalue weighted by Crippen LogP contribution is 2.31. The molecule has 1 aliphatic rings. The molecule has 7 heteroatoms. The van der Waals surface area contributed by atoms with Crippen LogP contribution < -0.4 is 4.90 Å². The molecule has 3 aromatic rings. The number of carbonyl (C=O) groups is 1. The standard InChI is InChI=1S/C19H16F2N4O/c20-16-2-1-13(11-17(16)21)14-5-9-24(19(26)12-14)18-6-10-25(23-18)15-3-7-22-8-4-15/h1-4,6-8,10-11,14H,5,9,12H2. The van der Waals surface area contributed by atoms with E-state index >= 15 is 0 Å². The van der Waals surface area contributed by atoms with Crippen molar-refractivity contribution < 1.29 is 13.6 Å². The predicted molar refractivity (Wildman–Crippen MR) is 92.0 cm³/mol. The summed E-state index contributed by atoms with van der Waals surface area (Å²) < 4.78 is 28.2. The largest absolute Gasteiger partial charge is 0.295 e. The van der Waals surface area contributed by atoms with Crippen LogP contribution >= 0.6 is 0 Å². The third-order valence-electron chi connectivity index (χ3n) is 4.62. The van der Waals surface area contributed by atoms with Crippen molar-refractivity contribution in [3.05, 3.63) is 72.2 Å². The van der Waals surface area contributed by atoms with Crippen molar-refractivity contribution in [2.45, 2.75) is 18.8 Å². The van der Waals surface area contributed by atoms with Crippen LogP contribution in [-0.4, -0.2) is 27.2 Å². The maximum atomic E-state index is 13.4. The molecule has 1 aromatic carbocycles. The highest BCUT2D eigenvalue weighted by atomic mass is 19.2. The number of amides is 1. The van der Waals surface area contributed by atoms with Gasteiger partial charge in [0.25, 0.3) is 0 Å². The van der Waals surface area contributed by atoms with Crippen molar-refractivity contribution in [1.29, 1.82) is 0 Å². The summed E-state index contributed by atoms with van der Waals surface area (Å²) in [5.74, 6) is -1.37. The Hall–Kier alpha value is -3.09. The number of hydrogen-bond donors (Lipinski definition) is 0. The van der Waals surface area contributed by atoms with Gasteiger partial charge in [0.2, 0.25) is 5.91 Å². The van der Waals surface area contributed by atoms with E-state index in [1.165, 1.54) is 6.07 Å². The van der Waals surface area contributed by atoms with Gasteiger partial charge < -0.3 is 0 Å². The van der Waals surface area contributed by atoms with Crippen LogP contribution in [-0.2, 0) is 4.79 Å². The average Bonchev–Trinajstić information content (AvgIpc) is 3.14. The second-order valence-corrected chi connectivity index (χ2v) is 6.23. The van der Waals surface area contributed by atoms with Gasteiger partial charge in [-0.25, -0.2) is 13.5 Å². The van der Waals surface area contributed by atoms with E-state index in [0.29, 0.717) is 24.3 Å². The van der Waals surface area contributed by atoms with Crippen LogP contribution in [0.1, 0.15) is 24.3 Å². The second kappa shape index (κ2) is 6.67. The maximum absolute atomic E-state index is 13.4. The van der Waals surface area contributed by atoms with Crippen molar-refractivity contribution in [2.24, 2.45) is 0 Å². The second-order valence-electron chi connectivity index (χ2n) is 6.23. The van der Waals surface area contributed by atoms with E-state index in [9.17, 15) is 13.6 Å². The molecule has 4 rings (SSSR count). The summed E-state index contributed by atoms with van der Waals surface area (Å²) in [5.41, 5.74) is 1.51.